The molecule has 0 N–H and O–H groups in total. The first-order valence-corrected chi connectivity index (χ1v) is 7.81. The standard InChI is InChI=1S/C17H19IO3/c1-11(2)21-17-9-12(5-8-16(17)20-4)14-10-13(19-3)6-7-15(14)18/h5-11H,1-4H3. The first-order valence-electron chi connectivity index (χ1n) is 6.73. The van der Waals surface area contributed by atoms with Crippen LogP contribution < -0.4 is 14.2 Å². The maximum atomic E-state index is 5.84. The van der Waals surface area contributed by atoms with Crippen molar-refractivity contribution >= 4 is 22.6 Å². The van der Waals surface area contributed by atoms with Gasteiger partial charge in [-0.15, -0.1) is 0 Å². The van der Waals surface area contributed by atoms with Crippen LogP contribution in [-0.4, -0.2) is 20.3 Å². The molecule has 0 aliphatic heterocycles. The topological polar surface area (TPSA) is 27.7 Å². The van der Waals surface area contributed by atoms with Gasteiger partial charge < -0.3 is 14.2 Å². The van der Waals surface area contributed by atoms with Crippen molar-refractivity contribution in [3.8, 4) is 28.4 Å². The van der Waals surface area contributed by atoms with Crippen LogP contribution in [0, 0.1) is 3.57 Å². The van der Waals surface area contributed by atoms with Crippen LogP contribution in [0.3, 0.4) is 0 Å². The maximum absolute atomic E-state index is 5.84. The number of halogens is 1. The highest BCUT2D eigenvalue weighted by atomic mass is 127. The number of benzene rings is 2. The molecule has 0 saturated carbocycles. The van der Waals surface area contributed by atoms with Crippen LogP contribution in [0.1, 0.15) is 13.8 Å². The van der Waals surface area contributed by atoms with E-state index in [1.165, 1.54) is 0 Å². The van der Waals surface area contributed by atoms with Gasteiger partial charge in [-0.2, -0.15) is 0 Å². The fourth-order valence-corrected chi connectivity index (χ4v) is 2.69. The van der Waals surface area contributed by atoms with Gasteiger partial charge in [0.15, 0.2) is 11.5 Å². The minimum atomic E-state index is 0.0959. The van der Waals surface area contributed by atoms with Crippen LogP contribution >= 0.6 is 22.6 Å². The first kappa shape index (κ1) is 15.9. The van der Waals surface area contributed by atoms with E-state index in [-0.39, 0.29) is 6.10 Å². The summed E-state index contributed by atoms with van der Waals surface area (Å²) in [6, 6.07) is 12.0. The van der Waals surface area contributed by atoms with Crippen molar-refractivity contribution in [2.45, 2.75) is 20.0 Å². The Morgan fingerprint density at radius 1 is 0.905 bits per heavy atom. The van der Waals surface area contributed by atoms with Gasteiger partial charge in [0.2, 0.25) is 0 Å². The number of ether oxygens (including phenoxy) is 3. The van der Waals surface area contributed by atoms with Crippen LogP contribution in [0.25, 0.3) is 11.1 Å². The molecule has 0 aliphatic carbocycles. The van der Waals surface area contributed by atoms with Gasteiger partial charge in [0.05, 0.1) is 20.3 Å². The van der Waals surface area contributed by atoms with Crippen molar-refractivity contribution in [3.05, 3.63) is 40.0 Å². The average molecular weight is 398 g/mol. The van der Waals surface area contributed by atoms with Crippen LogP contribution in [0.2, 0.25) is 0 Å². The molecule has 2 aromatic carbocycles. The van der Waals surface area contributed by atoms with Gasteiger partial charge >= 0.3 is 0 Å². The number of methoxy groups -OCH3 is 2. The summed E-state index contributed by atoms with van der Waals surface area (Å²) in [7, 11) is 3.32. The summed E-state index contributed by atoms with van der Waals surface area (Å²) in [4.78, 5) is 0. The molecular weight excluding hydrogens is 379 g/mol. The summed E-state index contributed by atoms with van der Waals surface area (Å²) >= 11 is 2.32. The molecule has 0 aromatic heterocycles. The highest BCUT2D eigenvalue weighted by Crippen LogP contribution is 2.36. The fraction of sp³-hybridized carbons (Fsp3) is 0.294. The Morgan fingerprint density at radius 2 is 1.67 bits per heavy atom. The molecule has 0 saturated heterocycles. The molecule has 0 heterocycles. The van der Waals surface area contributed by atoms with Crippen LogP contribution in [0.15, 0.2) is 36.4 Å². The molecule has 0 amide bonds. The Morgan fingerprint density at radius 3 is 2.29 bits per heavy atom. The van der Waals surface area contributed by atoms with Gasteiger partial charge in [0.25, 0.3) is 0 Å². The lowest BCUT2D eigenvalue weighted by atomic mass is 10.0. The zero-order valence-electron chi connectivity index (χ0n) is 12.6. The largest absolute Gasteiger partial charge is 0.497 e. The molecule has 2 rings (SSSR count). The number of hydrogen-bond acceptors (Lipinski definition) is 3. The van der Waals surface area contributed by atoms with Gasteiger partial charge in [-0.1, -0.05) is 6.07 Å². The van der Waals surface area contributed by atoms with Crippen molar-refractivity contribution < 1.29 is 14.2 Å². The number of hydrogen-bond donors (Lipinski definition) is 0. The zero-order valence-corrected chi connectivity index (χ0v) is 14.8. The van der Waals surface area contributed by atoms with Crippen LogP contribution in [0.4, 0.5) is 0 Å². The molecule has 0 aliphatic rings. The third-order valence-electron chi connectivity index (χ3n) is 3.01. The molecule has 0 radical (unpaired) electrons. The van der Waals surface area contributed by atoms with E-state index in [4.69, 9.17) is 14.2 Å². The van der Waals surface area contributed by atoms with Gasteiger partial charge in [-0.05, 0) is 77.9 Å². The Hall–Kier alpha value is -1.43. The van der Waals surface area contributed by atoms with Crippen molar-refractivity contribution in [1.82, 2.24) is 0 Å². The van der Waals surface area contributed by atoms with Gasteiger partial charge in [-0.25, -0.2) is 0 Å². The van der Waals surface area contributed by atoms with Crippen LogP contribution in [0.5, 0.6) is 17.2 Å². The highest BCUT2D eigenvalue weighted by Gasteiger charge is 2.11. The van der Waals surface area contributed by atoms with Crippen molar-refractivity contribution in [2.24, 2.45) is 0 Å². The van der Waals surface area contributed by atoms with Crippen molar-refractivity contribution in [1.29, 1.82) is 0 Å². The summed E-state index contributed by atoms with van der Waals surface area (Å²) in [5.41, 5.74) is 2.20. The lowest BCUT2D eigenvalue weighted by molar-refractivity contribution is 0.230. The normalized spacial score (nSPS) is 10.6. The molecule has 0 bridgehead atoms. The third-order valence-corrected chi connectivity index (χ3v) is 3.95. The van der Waals surface area contributed by atoms with E-state index in [0.717, 1.165) is 31.9 Å². The summed E-state index contributed by atoms with van der Waals surface area (Å²) in [6.07, 6.45) is 0.0959. The van der Waals surface area contributed by atoms with Crippen molar-refractivity contribution in [3.63, 3.8) is 0 Å². The molecule has 2 aromatic rings. The van der Waals surface area contributed by atoms with E-state index in [1.807, 2.05) is 50.2 Å². The number of rotatable bonds is 5. The maximum Gasteiger partial charge on any atom is 0.162 e. The molecule has 0 fully saturated rings. The molecule has 0 unspecified atom stereocenters. The lowest BCUT2D eigenvalue weighted by Crippen LogP contribution is -2.06. The second-order valence-electron chi connectivity index (χ2n) is 4.88. The lowest BCUT2D eigenvalue weighted by Gasteiger charge is -2.15. The minimum Gasteiger partial charge on any atom is -0.497 e. The van der Waals surface area contributed by atoms with Gasteiger partial charge in [0, 0.05) is 3.57 Å². The first-order chi connectivity index (χ1) is 10.0. The summed E-state index contributed by atoms with van der Waals surface area (Å²) in [6.45, 7) is 4.00. The Labute approximate surface area is 139 Å². The Kier molecular flexibility index (Phi) is 5.33. The quantitative estimate of drug-likeness (QED) is 0.680. The highest BCUT2D eigenvalue weighted by molar-refractivity contribution is 14.1. The molecule has 0 atom stereocenters. The predicted molar refractivity (Wildman–Crippen MR) is 93.5 cm³/mol. The van der Waals surface area contributed by atoms with E-state index in [2.05, 4.69) is 22.6 Å². The molecule has 4 heteroatoms. The molecular formula is C17H19IO3. The van der Waals surface area contributed by atoms with Gasteiger partial charge in [0.1, 0.15) is 5.75 Å². The van der Waals surface area contributed by atoms with E-state index in [1.54, 1.807) is 14.2 Å². The molecule has 21 heavy (non-hydrogen) atoms. The van der Waals surface area contributed by atoms with Gasteiger partial charge in [-0.3, -0.25) is 0 Å². The van der Waals surface area contributed by atoms with Crippen LogP contribution in [-0.2, 0) is 0 Å². The summed E-state index contributed by atoms with van der Waals surface area (Å²) < 4.78 is 17.7. The average Bonchev–Trinajstić information content (AvgIpc) is 2.47. The Bertz CT molecular complexity index is 623. The van der Waals surface area contributed by atoms with E-state index in [0.29, 0.717) is 0 Å². The minimum absolute atomic E-state index is 0.0959. The van der Waals surface area contributed by atoms with E-state index < -0.39 is 0 Å². The SMILES string of the molecule is COc1ccc(I)c(-c2ccc(OC)c(OC(C)C)c2)c1. The van der Waals surface area contributed by atoms with E-state index >= 15 is 0 Å². The fourth-order valence-electron chi connectivity index (χ4n) is 2.04. The van der Waals surface area contributed by atoms with E-state index in [9.17, 15) is 0 Å². The zero-order chi connectivity index (χ0) is 15.4. The summed E-state index contributed by atoms with van der Waals surface area (Å²) in [5, 5.41) is 0. The predicted octanol–water partition coefficient (Wildman–Crippen LogP) is 4.76. The second-order valence-corrected chi connectivity index (χ2v) is 6.04. The monoisotopic (exact) mass is 398 g/mol. The summed E-state index contributed by atoms with van der Waals surface area (Å²) in [5.74, 6) is 2.33. The third kappa shape index (κ3) is 3.81. The smallest absolute Gasteiger partial charge is 0.162 e. The second kappa shape index (κ2) is 7.02. The molecule has 3 nitrogen and oxygen atoms in total. The molecule has 112 valence electrons. The van der Waals surface area contributed by atoms with Crippen molar-refractivity contribution in [2.75, 3.05) is 14.2 Å². The Balaban J connectivity index is 2.49. The molecule has 0 spiro atoms.